The zero-order chi connectivity index (χ0) is 14.5. The molecule has 0 saturated heterocycles. The maximum Gasteiger partial charge on any atom is 0.264 e. The van der Waals surface area contributed by atoms with Gasteiger partial charge in [0.2, 0.25) is 0 Å². The van der Waals surface area contributed by atoms with E-state index in [1.165, 1.54) is 11.3 Å². The number of nitrogens with zero attached hydrogens (tertiary/aromatic N) is 1. The van der Waals surface area contributed by atoms with Gasteiger partial charge in [0.25, 0.3) is 5.91 Å². The number of rotatable bonds is 5. The minimum absolute atomic E-state index is 0.0367. The first-order chi connectivity index (χ1) is 9.60. The molecule has 1 aromatic carbocycles. The van der Waals surface area contributed by atoms with E-state index in [1.807, 2.05) is 50.4 Å². The second-order valence-electron chi connectivity index (χ2n) is 4.34. The van der Waals surface area contributed by atoms with Crippen molar-refractivity contribution < 1.29 is 9.53 Å². The molecule has 0 unspecified atom stereocenters. The number of hydrogen-bond donors (Lipinski definition) is 0. The molecule has 106 valence electrons. The fourth-order valence-electron chi connectivity index (χ4n) is 1.82. The van der Waals surface area contributed by atoms with Gasteiger partial charge < -0.3 is 9.64 Å². The fourth-order valence-corrected chi connectivity index (χ4v) is 3.20. The highest BCUT2D eigenvalue weighted by atomic mass is 79.9. The van der Waals surface area contributed by atoms with Gasteiger partial charge in [-0.15, -0.1) is 11.3 Å². The SMILES string of the molecule is CCOc1ccc(CN(C)C(=O)c2ccc(Br)s2)cc1. The van der Waals surface area contributed by atoms with Crippen molar-refractivity contribution in [3.8, 4) is 5.75 Å². The van der Waals surface area contributed by atoms with E-state index in [-0.39, 0.29) is 5.91 Å². The zero-order valence-electron chi connectivity index (χ0n) is 11.4. The van der Waals surface area contributed by atoms with E-state index in [9.17, 15) is 4.79 Å². The van der Waals surface area contributed by atoms with Gasteiger partial charge in [0.15, 0.2) is 0 Å². The number of benzene rings is 1. The second kappa shape index (κ2) is 6.90. The summed E-state index contributed by atoms with van der Waals surface area (Å²) in [4.78, 5) is 14.7. The van der Waals surface area contributed by atoms with E-state index in [4.69, 9.17) is 4.74 Å². The highest BCUT2D eigenvalue weighted by Gasteiger charge is 2.14. The Balaban J connectivity index is 2.00. The van der Waals surface area contributed by atoms with Gasteiger partial charge in [-0.05, 0) is 52.7 Å². The van der Waals surface area contributed by atoms with E-state index in [0.29, 0.717) is 13.2 Å². The molecule has 0 bridgehead atoms. The van der Waals surface area contributed by atoms with Gasteiger partial charge in [-0.3, -0.25) is 4.79 Å². The number of halogens is 1. The molecular weight excluding hydrogens is 338 g/mol. The highest BCUT2D eigenvalue weighted by Crippen LogP contribution is 2.23. The fraction of sp³-hybridized carbons (Fsp3) is 0.267. The third kappa shape index (κ3) is 3.84. The van der Waals surface area contributed by atoms with Crippen LogP contribution in [0.1, 0.15) is 22.2 Å². The van der Waals surface area contributed by atoms with Gasteiger partial charge >= 0.3 is 0 Å². The molecule has 2 rings (SSSR count). The summed E-state index contributed by atoms with van der Waals surface area (Å²) in [6, 6.07) is 11.6. The molecule has 2 aromatic rings. The minimum atomic E-state index is 0.0367. The summed E-state index contributed by atoms with van der Waals surface area (Å²) in [6.07, 6.45) is 0. The number of amides is 1. The average molecular weight is 354 g/mol. The van der Waals surface area contributed by atoms with Crippen LogP contribution >= 0.6 is 27.3 Å². The molecule has 1 amide bonds. The number of carbonyl (C=O) groups is 1. The lowest BCUT2D eigenvalue weighted by molar-refractivity contribution is 0.0790. The van der Waals surface area contributed by atoms with Crippen LogP contribution in [0.2, 0.25) is 0 Å². The van der Waals surface area contributed by atoms with Crippen molar-refractivity contribution >= 4 is 33.2 Å². The molecule has 0 spiro atoms. The van der Waals surface area contributed by atoms with E-state index in [1.54, 1.807) is 4.90 Å². The lowest BCUT2D eigenvalue weighted by Crippen LogP contribution is -2.25. The van der Waals surface area contributed by atoms with Crippen LogP contribution in [-0.4, -0.2) is 24.5 Å². The van der Waals surface area contributed by atoms with E-state index >= 15 is 0 Å². The molecule has 0 atom stereocenters. The molecular formula is C15H16BrNO2S. The summed E-state index contributed by atoms with van der Waals surface area (Å²) in [5, 5.41) is 0. The molecule has 3 nitrogen and oxygen atoms in total. The summed E-state index contributed by atoms with van der Waals surface area (Å²) in [5.74, 6) is 0.891. The summed E-state index contributed by atoms with van der Waals surface area (Å²) < 4.78 is 6.37. The number of ether oxygens (including phenoxy) is 1. The van der Waals surface area contributed by atoms with Crippen LogP contribution in [0.25, 0.3) is 0 Å². The molecule has 0 aliphatic rings. The van der Waals surface area contributed by atoms with Crippen LogP contribution in [0.5, 0.6) is 5.75 Å². The Kier molecular flexibility index (Phi) is 5.20. The third-order valence-corrected chi connectivity index (χ3v) is 4.40. The van der Waals surface area contributed by atoms with Crippen molar-refractivity contribution in [1.82, 2.24) is 4.90 Å². The van der Waals surface area contributed by atoms with Gasteiger partial charge in [0.05, 0.1) is 15.3 Å². The Bertz CT molecular complexity index is 580. The number of hydrogen-bond acceptors (Lipinski definition) is 3. The first-order valence-electron chi connectivity index (χ1n) is 6.32. The summed E-state index contributed by atoms with van der Waals surface area (Å²) >= 11 is 4.82. The van der Waals surface area contributed by atoms with Crippen LogP contribution in [0.4, 0.5) is 0 Å². The molecule has 0 aliphatic carbocycles. The smallest absolute Gasteiger partial charge is 0.264 e. The standard InChI is InChI=1S/C15H16BrNO2S/c1-3-19-12-6-4-11(5-7-12)10-17(2)15(18)13-8-9-14(16)20-13/h4-9H,3,10H2,1-2H3. The van der Waals surface area contributed by atoms with Crippen LogP contribution < -0.4 is 4.74 Å². The Morgan fingerprint density at radius 3 is 2.50 bits per heavy atom. The quantitative estimate of drug-likeness (QED) is 0.806. The Morgan fingerprint density at radius 2 is 1.95 bits per heavy atom. The van der Waals surface area contributed by atoms with Crippen LogP contribution in [-0.2, 0) is 6.54 Å². The normalized spacial score (nSPS) is 10.3. The Morgan fingerprint density at radius 1 is 1.25 bits per heavy atom. The zero-order valence-corrected chi connectivity index (χ0v) is 13.8. The maximum absolute atomic E-state index is 12.2. The van der Waals surface area contributed by atoms with Crippen molar-refractivity contribution in [2.24, 2.45) is 0 Å². The molecule has 20 heavy (non-hydrogen) atoms. The topological polar surface area (TPSA) is 29.5 Å². The molecule has 0 aliphatic heterocycles. The summed E-state index contributed by atoms with van der Waals surface area (Å²) in [7, 11) is 1.81. The van der Waals surface area contributed by atoms with Crippen molar-refractivity contribution in [3.05, 3.63) is 50.6 Å². The first kappa shape index (κ1) is 15.1. The van der Waals surface area contributed by atoms with E-state index < -0.39 is 0 Å². The predicted octanol–water partition coefficient (Wildman–Crippen LogP) is 4.18. The molecule has 0 fully saturated rings. The van der Waals surface area contributed by atoms with Crippen LogP contribution in [0.15, 0.2) is 40.2 Å². The third-order valence-electron chi connectivity index (χ3n) is 2.78. The summed E-state index contributed by atoms with van der Waals surface area (Å²) in [5.41, 5.74) is 1.08. The monoisotopic (exact) mass is 353 g/mol. The van der Waals surface area contributed by atoms with Crippen LogP contribution in [0, 0.1) is 0 Å². The summed E-state index contributed by atoms with van der Waals surface area (Å²) in [6.45, 7) is 3.20. The van der Waals surface area contributed by atoms with Gasteiger partial charge in [-0.1, -0.05) is 12.1 Å². The van der Waals surface area contributed by atoms with Gasteiger partial charge in [0.1, 0.15) is 5.75 Å². The second-order valence-corrected chi connectivity index (χ2v) is 6.80. The van der Waals surface area contributed by atoms with Crippen molar-refractivity contribution in [1.29, 1.82) is 0 Å². The molecule has 5 heteroatoms. The first-order valence-corrected chi connectivity index (χ1v) is 7.93. The Hall–Kier alpha value is -1.33. The van der Waals surface area contributed by atoms with Gasteiger partial charge in [0, 0.05) is 13.6 Å². The van der Waals surface area contributed by atoms with Gasteiger partial charge in [-0.25, -0.2) is 0 Å². The predicted molar refractivity (Wildman–Crippen MR) is 85.4 cm³/mol. The average Bonchev–Trinajstić information content (AvgIpc) is 2.87. The van der Waals surface area contributed by atoms with Crippen molar-refractivity contribution in [2.45, 2.75) is 13.5 Å². The van der Waals surface area contributed by atoms with Crippen LogP contribution in [0.3, 0.4) is 0 Å². The Labute approximate surface area is 131 Å². The van der Waals surface area contributed by atoms with Crippen molar-refractivity contribution in [2.75, 3.05) is 13.7 Å². The van der Waals surface area contributed by atoms with E-state index in [0.717, 1.165) is 20.0 Å². The molecule has 1 heterocycles. The van der Waals surface area contributed by atoms with Gasteiger partial charge in [-0.2, -0.15) is 0 Å². The lowest BCUT2D eigenvalue weighted by Gasteiger charge is -2.16. The molecule has 1 aromatic heterocycles. The number of thiophene rings is 1. The van der Waals surface area contributed by atoms with Crippen molar-refractivity contribution in [3.63, 3.8) is 0 Å². The molecule has 0 saturated carbocycles. The molecule has 0 N–H and O–H groups in total. The largest absolute Gasteiger partial charge is 0.494 e. The maximum atomic E-state index is 12.2. The number of carbonyl (C=O) groups excluding carboxylic acids is 1. The lowest BCUT2D eigenvalue weighted by atomic mass is 10.2. The minimum Gasteiger partial charge on any atom is -0.494 e. The molecule has 0 radical (unpaired) electrons. The highest BCUT2D eigenvalue weighted by molar-refractivity contribution is 9.11. The van der Waals surface area contributed by atoms with E-state index in [2.05, 4.69) is 15.9 Å².